The van der Waals surface area contributed by atoms with E-state index in [4.69, 9.17) is 4.74 Å². The topological polar surface area (TPSA) is 84.6 Å². The molecule has 3 aromatic heterocycles. The number of pyridine rings is 1. The Hall–Kier alpha value is -2.72. The Morgan fingerprint density at radius 3 is 2.81 bits per heavy atom. The molecule has 2 atom stereocenters. The zero-order chi connectivity index (χ0) is 19.0. The molecule has 10 heteroatoms. The van der Waals surface area contributed by atoms with Crippen molar-refractivity contribution in [2.45, 2.75) is 25.0 Å². The van der Waals surface area contributed by atoms with Gasteiger partial charge in [0.2, 0.25) is 5.95 Å². The summed E-state index contributed by atoms with van der Waals surface area (Å²) in [4.78, 5) is 8.07. The summed E-state index contributed by atoms with van der Waals surface area (Å²) in [5, 5.41) is 17.3. The van der Waals surface area contributed by atoms with Crippen molar-refractivity contribution >= 4 is 11.5 Å². The van der Waals surface area contributed by atoms with Gasteiger partial charge >= 0.3 is 0 Å². The van der Waals surface area contributed by atoms with Gasteiger partial charge in [0.05, 0.1) is 36.3 Å². The molecule has 0 unspecified atom stereocenters. The zero-order valence-electron chi connectivity index (χ0n) is 14.0. The number of halogens is 3. The maximum Gasteiger partial charge on any atom is 0.265 e. The number of alkyl halides is 2. The molecule has 1 aliphatic rings. The first-order valence-corrected chi connectivity index (χ1v) is 8.34. The molecule has 4 rings (SSSR count). The van der Waals surface area contributed by atoms with Gasteiger partial charge in [0.15, 0.2) is 5.82 Å². The molecule has 2 N–H and O–H groups in total. The molecule has 4 heterocycles. The highest BCUT2D eigenvalue weighted by Crippen LogP contribution is 2.25. The van der Waals surface area contributed by atoms with Gasteiger partial charge < -0.3 is 15.2 Å². The second-order valence-electron chi connectivity index (χ2n) is 6.22. The Balaban J connectivity index is 1.69. The molecule has 27 heavy (non-hydrogen) atoms. The van der Waals surface area contributed by atoms with Crippen LogP contribution in [0.25, 0.3) is 16.9 Å². The number of aliphatic hydroxyl groups excluding tert-OH is 1. The van der Waals surface area contributed by atoms with Crippen molar-refractivity contribution in [2.24, 2.45) is 0 Å². The van der Waals surface area contributed by atoms with Crippen LogP contribution in [-0.2, 0) is 4.74 Å². The molecular formula is C17H16F3N5O2. The second-order valence-corrected chi connectivity index (χ2v) is 6.22. The third-order valence-electron chi connectivity index (χ3n) is 4.41. The molecule has 1 saturated heterocycles. The van der Waals surface area contributed by atoms with Gasteiger partial charge in [0.1, 0.15) is 5.52 Å². The summed E-state index contributed by atoms with van der Waals surface area (Å²) in [7, 11) is 0. The van der Waals surface area contributed by atoms with Crippen LogP contribution in [0.4, 0.5) is 19.1 Å². The van der Waals surface area contributed by atoms with E-state index in [9.17, 15) is 18.3 Å². The third-order valence-corrected chi connectivity index (χ3v) is 4.41. The highest BCUT2D eigenvalue weighted by atomic mass is 19.3. The lowest BCUT2D eigenvalue weighted by Gasteiger charge is -2.28. The minimum atomic E-state index is -2.63. The lowest BCUT2D eigenvalue weighted by atomic mass is 10.1. The maximum atomic E-state index is 14.2. The molecule has 0 amide bonds. The number of ether oxygens (including phenoxy) is 1. The summed E-state index contributed by atoms with van der Waals surface area (Å²) in [5.41, 5.74) is 0.517. The number of nitrogens with one attached hydrogen (secondary N) is 1. The van der Waals surface area contributed by atoms with Gasteiger partial charge in [0, 0.05) is 24.4 Å². The molecule has 0 bridgehead atoms. The van der Waals surface area contributed by atoms with E-state index in [1.807, 2.05) is 0 Å². The number of hydrogen-bond donors (Lipinski definition) is 2. The summed E-state index contributed by atoms with van der Waals surface area (Å²) in [6, 6.07) is 3.56. The number of anilines is 1. The number of aromatic nitrogens is 4. The van der Waals surface area contributed by atoms with Crippen LogP contribution < -0.4 is 5.32 Å². The molecule has 1 aliphatic heterocycles. The van der Waals surface area contributed by atoms with E-state index in [1.54, 1.807) is 0 Å². The van der Waals surface area contributed by atoms with Gasteiger partial charge in [-0.1, -0.05) is 0 Å². The summed E-state index contributed by atoms with van der Waals surface area (Å²) in [5.74, 6) is -0.350. The number of hydrogen-bond acceptors (Lipinski definition) is 6. The molecular weight excluding hydrogens is 363 g/mol. The van der Waals surface area contributed by atoms with Crippen LogP contribution in [0.15, 0.2) is 30.6 Å². The fourth-order valence-electron chi connectivity index (χ4n) is 2.94. The van der Waals surface area contributed by atoms with Gasteiger partial charge in [-0.15, -0.1) is 5.10 Å². The Morgan fingerprint density at radius 2 is 2.11 bits per heavy atom. The minimum Gasteiger partial charge on any atom is -0.389 e. The number of fused-ring (bicyclic) bond motifs is 1. The van der Waals surface area contributed by atoms with Crippen LogP contribution in [-0.4, -0.2) is 50.0 Å². The monoisotopic (exact) mass is 379 g/mol. The van der Waals surface area contributed by atoms with E-state index in [0.717, 1.165) is 6.20 Å². The van der Waals surface area contributed by atoms with E-state index < -0.39 is 18.3 Å². The van der Waals surface area contributed by atoms with Gasteiger partial charge in [-0.3, -0.25) is 4.98 Å². The lowest BCUT2D eigenvalue weighted by molar-refractivity contribution is -0.0136. The normalized spacial score (nSPS) is 20.3. The summed E-state index contributed by atoms with van der Waals surface area (Å²) < 4.78 is 46.1. The molecule has 0 radical (unpaired) electrons. The summed E-state index contributed by atoms with van der Waals surface area (Å²) in [6.45, 7) is 0.713. The van der Waals surface area contributed by atoms with Gasteiger partial charge in [-0.25, -0.2) is 22.7 Å². The Labute approximate surface area is 151 Å². The van der Waals surface area contributed by atoms with Crippen LogP contribution in [0.2, 0.25) is 0 Å². The number of aliphatic hydroxyl groups is 1. The molecule has 3 aromatic rings. The van der Waals surface area contributed by atoms with Crippen LogP contribution in [0, 0.1) is 5.82 Å². The quantitative estimate of drug-likeness (QED) is 0.724. The fraction of sp³-hybridized carbons (Fsp3) is 0.353. The van der Waals surface area contributed by atoms with E-state index in [-0.39, 0.29) is 29.7 Å². The Kier molecular flexibility index (Phi) is 4.66. The maximum absolute atomic E-state index is 14.2. The molecule has 0 aliphatic carbocycles. The predicted octanol–water partition coefficient (Wildman–Crippen LogP) is 2.43. The smallest absolute Gasteiger partial charge is 0.265 e. The van der Waals surface area contributed by atoms with Crippen molar-refractivity contribution in [3.8, 4) is 11.4 Å². The standard InChI is InChI=1S/C17H16F3N5O2/c18-10-5-13(11-2-1-9(6-21-11)16(19)20)25-14(10)7-22-17(24-25)23-12-3-4-27-8-15(12)26/h1-2,5-7,12,15-16,26H,3-4,8H2,(H,23,24)/t12-,15-/m1/s1. The van der Waals surface area contributed by atoms with E-state index in [1.165, 1.54) is 28.9 Å². The van der Waals surface area contributed by atoms with E-state index in [2.05, 4.69) is 20.4 Å². The lowest BCUT2D eigenvalue weighted by Crippen LogP contribution is -2.42. The first-order chi connectivity index (χ1) is 13.0. The van der Waals surface area contributed by atoms with Crippen LogP contribution in [0.5, 0.6) is 0 Å². The van der Waals surface area contributed by atoms with Crippen molar-refractivity contribution in [3.05, 3.63) is 42.0 Å². The SMILES string of the molecule is O[C@@H]1COCC[C@H]1Nc1ncc2c(F)cc(-c3ccc(C(F)F)cn3)n2n1. The average Bonchev–Trinajstić information content (AvgIpc) is 3.00. The van der Waals surface area contributed by atoms with E-state index in [0.29, 0.717) is 24.4 Å². The molecule has 142 valence electrons. The number of nitrogens with zero attached hydrogens (tertiary/aromatic N) is 4. The molecule has 0 aromatic carbocycles. The van der Waals surface area contributed by atoms with Gasteiger partial charge in [0.25, 0.3) is 6.43 Å². The number of rotatable bonds is 4. The second kappa shape index (κ2) is 7.12. The van der Waals surface area contributed by atoms with Crippen molar-refractivity contribution in [1.29, 1.82) is 0 Å². The Bertz CT molecular complexity index is 948. The highest BCUT2D eigenvalue weighted by molar-refractivity contribution is 5.64. The van der Waals surface area contributed by atoms with E-state index >= 15 is 0 Å². The highest BCUT2D eigenvalue weighted by Gasteiger charge is 2.24. The van der Waals surface area contributed by atoms with Crippen LogP contribution >= 0.6 is 0 Å². The largest absolute Gasteiger partial charge is 0.389 e. The van der Waals surface area contributed by atoms with Crippen molar-refractivity contribution in [2.75, 3.05) is 18.5 Å². The minimum absolute atomic E-state index is 0.128. The fourth-order valence-corrected chi connectivity index (χ4v) is 2.94. The van der Waals surface area contributed by atoms with Crippen LogP contribution in [0.3, 0.4) is 0 Å². The average molecular weight is 379 g/mol. The summed E-state index contributed by atoms with van der Waals surface area (Å²) >= 11 is 0. The van der Waals surface area contributed by atoms with Crippen molar-refractivity contribution in [1.82, 2.24) is 19.6 Å². The molecule has 0 spiro atoms. The Morgan fingerprint density at radius 1 is 1.26 bits per heavy atom. The predicted molar refractivity (Wildman–Crippen MR) is 90.0 cm³/mol. The van der Waals surface area contributed by atoms with Crippen molar-refractivity contribution < 1.29 is 23.0 Å². The first-order valence-electron chi connectivity index (χ1n) is 8.34. The molecule has 7 nitrogen and oxygen atoms in total. The third kappa shape index (κ3) is 3.45. The van der Waals surface area contributed by atoms with Gasteiger partial charge in [-0.2, -0.15) is 0 Å². The first kappa shape index (κ1) is 17.7. The molecule has 1 fully saturated rings. The zero-order valence-corrected chi connectivity index (χ0v) is 14.0. The summed E-state index contributed by atoms with van der Waals surface area (Å²) in [6.07, 6.45) is -0.394. The van der Waals surface area contributed by atoms with Gasteiger partial charge in [-0.05, 0) is 18.6 Å². The van der Waals surface area contributed by atoms with Crippen molar-refractivity contribution in [3.63, 3.8) is 0 Å². The van der Waals surface area contributed by atoms with Crippen LogP contribution in [0.1, 0.15) is 18.4 Å². The molecule has 0 saturated carbocycles.